The fraction of sp³-hybridized carbons (Fsp3) is 0.308. The molecule has 180 valence electrons. The minimum atomic E-state index is -0.387. The second-order valence-corrected chi connectivity index (χ2v) is 7.74. The lowest BCUT2D eigenvalue weighted by Gasteiger charge is -2.27. The molecule has 0 fully saturated rings. The lowest BCUT2D eigenvalue weighted by molar-refractivity contribution is -0.133. The zero-order valence-electron chi connectivity index (χ0n) is 19.5. The zero-order valence-corrected chi connectivity index (χ0v) is 19.5. The van der Waals surface area contributed by atoms with Crippen LogP contribution in [-0.2, 0) is 17.9 Å². The summed E-state index contributed by atoms with van der Waals surface area (Å²) in [6.07, 6.45) is 2.23. The van der Waals surface area contributed by atoms with Crippen molar-refractivity contribution in [3.8, 4) is 5.75 Å². The summed E-state index contributed by atoms with van der Waals surface area (Å²) in [5.74, 6) is 0.595. The number of nitrogens with zero attached hydrogens (tertiary/aromatic N) is 2. The molecule has 1 aromatic heterocycles. The molecule has 2 aromatic carbocycles. The lowest BCUT2D eigenvalue weighted by atomic mass is 10.2. The van der Waals surface area contributed by atoms with Crippen LogP contribution in [0.2, 0.25) is 0 Å². The van der Waals surface area contributed by atoms with Gasteiger partial charge < -0.3 is 24.3 Å². The van der Waals surface area contributed by atoms with Crippen molar-refractivity contribution in [3.05, 3.63) is 84.1 Å². The van der Waals surface area contributed by atoms with Gasteiger partial charge in [-0.15, -0.1) is 0 Å². The number of benzene rings is 2. The molecule has 1 N–H and O–H groups in total. The van der Waals surface area contributed by atoms with Gasteiger partial charge in [0.15, 0.2) is 0 Å². The molecule has 1 heterocycles. The molecule has 0 spiro atoms. The van der Waals surface area contributed by atoms with Crippen molar-refractivity contribution in [3.63, 3.8) is 0 Å². The van der Waals surface area contributed by atoms with Crippen LogP contribution in [0, 0.1) is 5.82 Å². The van der Waals surface area contributed by atoms with Crippen molar-refractivity contribution < 1.29 is 23.1 Å². The first-order valence-electron chi connectivity index (χ1n) is 11.3. The molecule has 0 unspecified atom stereocenters. The largest absolute Gasteiger partial charge is 0.492 e. The predicted octanol–water partition coefficient (Wildman–Crippen LogP) is 5.29. The number of furan rings is 1. The van der Waals surface area contributed by atoms with E-state index in [0.29, 0.717) is 36.8 Å². The molecule has 8 heteroatoms. The number of hydrogen-bond acceptors (Lipinski definition) is 4. The number of halogens is 1. The van der Waals surface area contributed by atoms with E-state index in [1.54, 1.807) is 53.6 Å². The van der Waals surface area contributed by atoms with Gasteiger partial charge in [0, 0.05) is 13.1 Å². The number of urea groups is 1. The number of ether oxygens (including phenoxy) is 1. The van der Waals surface area contributed by atoms with Crippen molar-refractivity contribution in [2.45, 2.75) is 33.4 Å². The van der Waals surface area contributed by atoms with Crippen LogP contribution < -0.4 is 10.1 Å². The van der Waals surface area contributed by atoms with E-state index in [4.69, 9.17) is 9.15 Å². The molecular formula is C26H30FN3O4. The van der Waals surface area contributed by atoms with Gasteiger partial charge in [0.05, 0.1) is 25.1 Å². The van der Waals surface area contributed by atoms with Crippen molar-refractivity contribution in [1.29, 1.82) is 0 Å². The Hall–Kier alpha value is -3.81. The third-order valence-corrected chi connectivity index (χ3v) is 5.10. The van der Waals surface area contributed by atoms with Crippen LogP contribution in [0.3, 0.4) is 0 Å². The van der Waals surface area contributed by atoms with E-state index in [2.05, 4.69) is 5.32 Å². The number of anilines is 1. The van der Waals surface area contributed by atoms with Crippen LogP contribution in [0.25, 0.3) is 0 Å². The van der Waals surface area contributed by atoms with Crippen LogP contribution in [0.5, 0.6) is 5.75 Å². The number of carbonyl (C=O) groups excluding carboxylic acids is 2. The van der Waals surface area contributed by atoms with Gasteiger partial charge in [-0.1, -0.05) is 31.2 Å². The van der Waals surface area contributed by atoms with E-state index in [9.17, 15) is 14.0 Å². The van der Waals surface area contributed by atoms with Crippen molar-refractivity contribution in [2.75, 3.05) is 25.0 Å². The first-order chi connectivity index (χ1) is 16.5. The fourth-order valence-corrected chi connectivity index (χ4v) is 3.46. The maximum atomic E-state index is 13.3. The molecule has 0 aliphatic rings. The zero-order chi connectivity index (χ0) is 24.3. The minimum absolute atomic E-state index is 0.113. The Morgan fingerprint density at radius 3 is 2.41 bits per heavy atom. The van der Waals surface area contributed by atoms with Crippen molar-refractivity contribution in [2.24, 2.45) is 0 Å². The van der Waals surface area contributed by atoms with Crippen LogP contribution in [0.4, 0.5) is 14.9 Å². The molecule has 0 radical (unpaired) electrons. The van der Waals surface area contributed by atoms with Gasteiger partial charge in [0.1, 0.15) is 23.9 Å². The molecule has 3 amide bonds. The normalized spacial score (nSPS) is 10.6. The highest BCUT2D eigenvalue weighted by atomic mass is 19.1. The summed E-state index contributed by atoms with van der Waals surface area (Å²) in [7, 11) is 0. The van der Waals surface area contributed by atoms with Crippen LogP contribution >= 0.6 is 0 Å². The Morgan fingerprint density at radius 1 is 0.971 bits per heavy atom. The maximum Gasteiger partial charge on any atom is 0.322 e. The highest BCUT2D eigenvalue weighted by molar-refractivity contribution is 5.93. The Morgan fingerprint density at radius 2 is 1.74 bits per heavy atom. The van der Waals surface area contributed by atoms with Gasteiger partial charge in [-0.2, -0.15) is 0 Å². The molecule has 0 bridgehead atoms. The summed E-state index contributed by atoms with van der Waals surface area (Å²) >= 11 is 0. The topological polar surface area (TPSA) is 75.0 Å². The van der Waals surface area contributed by atoms with Gasteiger partial charge in [-0.05, 0) is 55.3 Å². The lowest BCUT2D eigenvalue weighted by Crippen LogP contribution is -2.44. The standard InChI is InChI=1S/C26H30FN3O4/c1-3-15-29(26(32)28-23-9-5-6-10-24(23)33-4-2)19-25(31)30(18-22-8-7-16-34-22)17-20-11-13-21(27)14-12-20/h5-14,16H,3-4,15,17-19H2,1-2H3,(H,28,32). The molecule has 0 saturated carbocycles. The van der Waals surface area contributed by atoms with Crippen molar-refractivity contribution in [1.82, 2.24) is 9.80 Å². The van der Waals surface area contributed by atoms with E-state index in [-0.39, 0.29) is 37.4 Å². The minimum Gasteiger partial charge on any atom is -0.492 e. The number of para-hydroxylation sites is 2. The van der Waals surface area contributed by atoms with Crippen LogP contribution in [-0.4, -0.2) is 41.4 Å². The van der Waals surface area contributed by atoms with Crippen LogP contribution in [0.15, 0.2) is 71.3 Å². The molecule has 0 saturated heterocycles. The average molecular weight is 468 g/mol. The third-order valence-electron chi connectivity index (χ3n) is 5.10. The quantitative estimate of drug-likeness (QED) is 0.416. The fourth-order valence-electron chi connectivity index (χ4n) is 3.46. The Balaban J connectivity index is 1.74. The molecule has 0 aliphatic heterocycles. The van der Waals surface area contributed by atoms with Gasteiger partial charge in [-0.3, -0.25) is 4.79 Å². The number of carbonyl (C=O) groups is 2. The number of amides is 3. The van der Waals surface area contributed by atoms with Crippen LogP contribution in [0.1, 0.15) is 31.6 Å². The van der Waals surface area contributed by atoms with E-state index < -0.39 is 0 Å². The summed E-state index contributed by atoms with van der Waals surface area (Å²) in [4.78, 5) is 29.4. The number of hydrogen-bond donors (Lipinski definition) is 1. The SMILES string of the molecule is CCCN(CC(=O)N(Cc1ccc(F)cc1)Cc1ccco1)C(=O)Nc1ccccc1OCC. The molecule has 0 atom stereocenters. The molecule has 3 aromatic rings. The third kappa shape index (κ3) is 7.10. The monoisotopic (exact) mass is 467 g/mol. The summed E-state index contributed by atoms with van der Waals surface area (Å²) in [5, 5.41) is 2.86. The summed E-state index contributed by atoms with van der Waals surface area (Å²) < 4.78 is 24.3. The number of rotatable bonds is 11. The second-order valence-electron chi connectivity index (χ2n) is 7.74. The molecule has 0 aliphatic carbocycles. The van der Waals surface area contributed by atoms with Gasteiger partial charge in [-0.25, -0.2) is 9.18 Å². The summed E-state index contributed by atoms with van der Waals surface area (Å²) in [6, 6.07) is 16.3. The highest BCUT2D eigenvalue weighted by Crippen LogP contribution is 2.24. The van der Waals surface area contributed by atoms with Gasteiger partial charge >= 0.3 is 6.03 Å². The smallest absolute Gasteiger partial charge is 0.322 e. The van der Waals surface area contributed by atoms with Crippen molar-refractivity contribution >= 4 is 17.6 Å². The van der Waals surface area contributed by atoms with E-state index in [1.165, 1.54) is 17.0 Å². The predicted molar refractivity (Wildman–Crippen MR) is 128 cm³/mol. The summed E-state index contributed by atoms with van der Waals surface area (Å²) in [6.45, 7) is 5.06. The second kappa shape index (κ2) is 12.4. The van der Waals surface area contributed by atoms with Gasteiger partial charge in [0.25, 0.3) is 0 Å². The Kier molecular flexibility index (Phi) is 9.08. The first-order valence-corrected chi connectivity index (χ1v) is 11.3. The molecule has 34 heavy (non-hydrogen) atoms. The maximum absolute atomic E-state index is 13.3. The van der Waals surface area contributed by atoms with E-state index in [1.807, 2.05) is 19.9 Å². The highest BCUT2D eigenvalue weighted by Gasteiger charge is 2.23. The molecule has 3 rings (SSSR count). The van der Waals surface area contributed by atoms with E-state index in [0.717, 1.165) is 5.56 Å². The number of nitrogens with one attached hydrogen (secondary N) is 1. The molecule has 7 nitrogen and oxygen atoms in total. The first kappa shape index (κ1) is 24.8. The average Bonchev–Trinajstić information content (AvgIpc) is 3.34. The molecular weight excluding hydrogens is 437 g/mol. The van der Waals surface area contributed by atoms with Gasteiger partial charge in [0.2, 0.25) is 5.91 Å². The Labute approximate surface area is 199 Å². The Bertz CT molecular complexity index is 1050. The summed E-state index contributed by atoms with van der Waals surface area (Å²) in [5.41, 5.74) is 1.32. The van der Waals surface area contributed by atoms with E-state index >= 15 is 0 Å².